The largest absolute Gasteiger partial charge is 0.416 e. The highest BCUT2D eigenvalue weighted by Crippen LogP contribution is 2.29. The van der Waals surface area contributed by atoms with Crippen LogP contribution in [0.25, 0.3) is 0 Å². The van der Waals surface area contributed by atoms with Crippen LogP contribution < -0.4 is 5.32 Å². The van der Waals surface area contributed by atoms with Crippen LogP contribution in [0.1, 0.15) is 11.1 Å². The van der Waals surface area contributed by atoms with Gasteiger partial charge in [-0.25, -0.2) is 9.18 Å². The van der Waals surface area contributed by atoms with Crippen molar-refractivity contribution < 1.29 is 22.4 Å². The minimum absolute atomic E-state index is 0.250. The van der Waals surface area contributed by atoms with Crippen molar-refractivity contribution >= 4 is 11.7 Å². The molecule has 2 amide bonds. The van der Waals surface area contributed by atoms with E-state index in [9.17, 15) is 22.4 Å². The first-order valence-corrected chi connectivity index (χ1v) is 8.52. The van der Waals surface area contributed by atoms with Gasteiger partial charge in [0.25, 0.3) is 0 Å². The average molecular weight is 381 g/mol. The second-order valence-corrected chi connectivity index (χ2v) is 6.36. The van der Waals surface area contributed by atoms with Gasteiger partial charge in [0.1, 0.15) is 5.82 Å². The number of hydrogen-bond acceptors (Lipinski definition) is 2. The van der Waals surface area contributed by atoms with E-state index in [1.54, 1.807) is 23.1 Å². The zero-order valence-electron chi connectivity index (χ0n) is 14.5. The molecular weight excluding hydrogens is 362 g/mol. The molecule has 2 aromatic rings. The van der Waals surface area contributed by atoms with E-state index in [1.165, 1.54) is 18.2 Å². The molecular formula is C19H19F4N3O. The normalized spacial score (nSPS) is 15.6. The van der Waals surface area contributed by atoms with Gasteiger partial charge in [-0.3, -0.25) is 4.90 Å². The number of urea groups is 1. The maximum Gasteiger partial charge on any atom is 0.416 e. The molecule has 0 bridgehead atoms. The summed E-state index contributed by atoms with van der Waals surface area (Å²) in [6.07, 6.45) is -4.41. The standard InChI is InChI=1S/C19H19F4N3O/c20-17-4-2-1-3-14(17)13-25-9-11-26(12-10-25)18(27)24-16-7-5-15(6-8-16)19(21,22)23/h1-8H,9-13H2,(H,24,27). The smallest absolute Gasteiger partial charge is 0.322 e. The number of nitrogens with one attached hydrogen (secondary N) is 1. The summed E-state index contributed by atoms with van der Waals surface area (Å²) < 4.78 is 51.4. The molecule has 8 heteroatoms. The van der Waals surface area contributed by atoms with E-state index in [2.05, 4.69) is 10.2 Å². The number of hydrogen-bond donors (Lipinski definition) is 1. The van der Waals surface area contributed by atoms with Crippen LogP contribution in [0.5, 0.6) is 0 Å². The van der Waals surface area contributed by atoms with E-state index in [0.717, 1.165) is 12.1 Å². The fourth-order valence-corrected chi connectivity index (χ4v) is 2.92. The van der Waals surface area contributed by atoms with Crippen molar-refractivity contribution in [2.75, 3.05) is 31.5 Å². The lowest BCUT2D eigenvalue weighted by atomic mass is 10.2. The van der Waals surface area contributed by atoms with Crippen LogP contribution >= 0.6 is 0 Å². The Balaban J connectivity index is 1.50. The molecule has 2 aromatic carbocycles. The number of alkyl halides is 3. The molecule has 3 rings (SSSR count). The van der Waals surface area contributed by atoms with Gasteiger partial charge in [0.15, 0.2) is 0 Å². The molecule has 0 aromatic heterocycles. The summed E-state index contributed by atoms with van der Waals surface area (Å²) in [6.45, 7) is 2.58. The van der Waals surface area contributed by atoms with Gasteiger partial charge < -0.3 is 10.2 Å². The summed E-state index contributed by atoms with van der Waals surface area (Å²) in [4.78, 5) is 15.9. The average Bonchev–Trinajstić information content (AvgIpc) is 2.64. The third-order valence-corrected chi connectivity index (χ3v) is 4.47. The predicted molar refractivity (Wildman–Crippen MR) is 93.7 cm³/mol. The number of anilines is 1. The molecule has 1 fully saturated rings. The molecule has 1 aliphatic rings. The number of carbonyl (C=O) groups excluding carboxylic acids is 1. The van der Waals surface area contributed by atoms with Crippen molar-refractivity contribution in [2.24, 2.45) is 0 Å². The van der Waals surface area contributed by atoms with E-state index in [4.69, 9.17) is 0 Å². The van der Waals surface area contributed by atoms with Gasteiger partial charge in [0.2, 0.25) is 0 Å². The maximum atomic E-state index is 13.7. The highest BCUT2D eigenvalue weighted by Gasteiger charge is 2.30. The third-order valence-electron chi connectivity index (χ3n) is 4.47. The van der Waals surface area contributed by atoms with Crippen LogP contribution in [0.15, 0.2) is 48.5 Å². The Morgan fingerprint density at radius 1 is 0.963 bits per heavy atom. The molecule has 144 valence electrons. The van der Waals surface area contributed by atoms with Gasteiger partial charge in [-0.05, 0) is 30.3 Å². The molecule has 0 unspecified atom stereocenters. The Hall–Kier alpha value is -2.61. The first kappa shape index (κ1) is 19.2. The van der Waals surface area contributed by atoms with Crippen molar-refractivity contribution in [1.82, 2.24) is 9.80 Å². The zero-order chi connectivity index (χ0) is 19.4. The quantitative estimate of drug-likeness (QED) is 0.809. The SMILES string of the molecule is O=C(Nc1ccc(C(F)(F)F)cc1)N1CCN(Cc2ccccc2F)CC1. The molecule has 27 heavy (non-hydrogen) atoms. The van der Waals surface area contributed by atoms with E-state index in [0.29, 0.717) is 44.0 Å². The first-order valence-electron chi connectivity index (χ1n) is 8.52. The van der Waals surface area contributed by atoms with Gasteiger partial charge in [0.05, 0.1) is 5.56 Å². The summed E-state index contributed by atoms with van der Waals surface area (Å²) in [5, 5.41) is 2.61. The van der Waals surface area contributed by atoms with Crippen molar-refractivity contribution in [3.05, 3.63) is 65.5 Å². The van der Waals surface area contributed by atoms with E-state index >= 15 is 0 Å². The summed E-state index contributed by atoms with van der Waals surface area (Å²) in [6, 6.07) is 10.5. The van der Waals surface area contributed by atoms with Crippen molar-refractivity contribution in [3.8, 4) is 0 Å². The topological polar surface area (TPSA) is 35.6 Å². The Bertz CT molecular complexity index is 784. The van der Waals surface area contributed by atoms with Crippen LogP contribution in [0, 0.1) is 5.82 Å². The second-order valence-electron chi connectivity index (χ2n) is 6.36. The summed E-state index contributed by atoms with van der Waals surface area (Å²) >= 11 is 0. The lowest BCUT2D eigenvalue weighted by molar-refractivity contribution is -0.137. The van der Waals surface area contributed by atoms with Crippen LogP contribution in [-0.2, 0) is 12.7 Å². The molecule has 0 radical (unpaired) electrons. The molecule has 1 saturated heterocycles. The zero-order valence-corrected chi connectivity index (χ0v) is 14.5. The third kappa shape index (κ3) is 4.97. The highest BCUT2D eigenvalue weighted by atomic mass is 19.4. The molecule has 4 nitrogen and oxygen atoms in total. The molecule has 1 aliphatic heterocycles. The Kier molecular flexibility index (Phi) is 5.65. The Labute approximate surface area is 154 Å². The predicted octanol–water partition coefficient (Wildman–Crippen LogP) is 4.19. The van der Waals surface area contributed by atoms with Gasteiger partial charge in [-0.1, -0.05) is 18.2 Å². The van der Waals surface area contributed by atoms with Crippen LogP contribution in [0.4, 0.5) is 28.0 Å². The molecule has 1 N–H and O–H groups in total. The maximum absolute atomic E-state index is 13.7. The molecule has 0 atom stereocenters. The van der Waals surface area contributed by atoms with Crippen molar-refractivity contribution in [3.63, 3.8) is 0 Å². The van der Waals surface area contributed by atoms with Gasteiger partial charge in [-0.15, -0.1) is 0 Å². The lowest BCUT2D eigenvalue weighted by Gasteiger charge is -2.34. The van der Waals surface area contributed by atoms with Crippen LogP contribution in [0.2, 0.25) is 0 Å². The Morgan fingerprint density at radius 3 is 2.19 bits per heavy atom. The number of benzene rings is 2. The number of carbonyl (C=O) groups is 1. The number of nitrogens with zero attached hydrogens (tertiary/aromatic N) is 2. The van der Waals surface area contributed by atoms with Crippen molar-refractivity contribution in [1.29, 1.82) is 0 Å². The minimum atomic E-state index is -4.41. The van der Waals surface area contributed by atoms with E-state index < -0.39 is 11.7 Å². The molecule has 1 heterocycles. The fraction of sp³-hybridized carbons (Fsp3) is 0.316. The first-order chi connectivity index (χ1) is 12.8. The second kappa shape index (κ2) is 7.96. The summed E-state index contributed by atoms with van der Waals surface area (Å²) in [5.41, 5.74) is 0.157. The highest BCUT2D eigenvalue weighted by molar-refractivity contribution is 5.89. The van der Waals surface area contributed by atoms with Gasteiger partial charge in [0, 0.05) is 44.0 Å². The molecule has 0 spiro atoms. The summed E-state index contributed by atoms with van der Waals surface area (Å²) in [5.74, 6) is -0.250. The van der Waals surface area contributed by atoms with E-state index in [-0.39, 0.29) is 11.8 Å². The summed E-state index contributed by atoms with van der Waals surface area (Å²) in [7, 11) is 0. The minimum Gasteiger partial charge on any atom is -0.322 e. The number of halogens is 4. The fourth-order valence-electron chi connectivity index (χ4n) is 2.92. The van der Waals surface area contributed by atoms with Gasteiger partial charge in [-0.2, -0.15) is 13.2 Å². The van der Waals surface area contributed by atoms with Gasteiger partial charge >= 0.3 is 12.2 Å². The number of piperazine rings is 1. The van der Waals surface area contributed by atoms with Crippen LogP contribution in [0.3, 0.4) is 0 Å². The molecule has 0 saturated carbocycles. The van der Waals surface area contributed by atoms with Crippen LogP contribution in [-0.4, -0.2) is 42.0 Å². The number of amides is 2. The van der Waals surface area contributed by atoms with E-state index in [1.807, 2.05) is 0 Å². The number of rotatable bonds is 3. The Morgan fingerprint density at radius 2 is 1.59 bits per heavy atom. The monoisotopic (exact) mass is 381 g/mol. The lowest BCUT2D eigenvalue weighted by Crippen LogP contribution is -2.49. The molecule has 0 aliphatic carbocycles. The van der Waals surface area contributed by atoms with Crippen molar-refractivity contribution in [2.45, 2.75) is 12.7 Å².